The molecule has 1 fully saturated rings. The van der Waals surface area contributed by atoms with Crippen LogP contribution in [0.4, 0.5) is 5.82 Å². The second kappa shape index (κ2) is 8.93. The zero-order valence-electron chi connectivity index (χ0n) is 21.7. The van der Waals surface area contributed by atoms with Crippen molar-refractivity contribution in [1.29, 1.82) is 0 Å². The summed E-state index contributed by atoms with van der Waals surface area (Å²) in [5.41, 5.74) is 11.8. The van der Waals surface area contributed by atoms with Crippen molar-refractivity contribution in [2.24, 2.45) is 11.1 Å². The highest BCUT2D eigenvalue weighted by Gasteiger charge is 2.47. The van der Waals surface area contributed by atoms with Gasteiger partial charge in [0, 0.05) is 36.6 Å². The molecule has 1 spiro atoms. The molecule has 1 saturated heterocycles. The highest BCUT2D eigenvalue weighted by atomic mass is 35.5. The number of aryl methyl sites for hydroxylation is 2. The van der Waals surface area contributed by atoms with E-state index < -0.39 is 5.60 Å². The monoisotopic (exact) mass is 519 g/mol. The smallest absolute Gasteiger partial charge is 0.153 e. The van der Waals surface area contributed by atoms with Gasteiger partial charge in [0.25, 0.3) is 0 Å². The van der Waals surface area contributed by atoms with Gasteiger partial charge in [-0.25, -0.2) is 9.97 Å². The van der Waals surface area contributed by atoms with Crippen molar-refractivity contribution in [3.63, 3.8) is 0 Å². The molecule has 7 nitrogen and oxygen atoms in total. The Morgan fingerprint density at radius 2 is 1.97 bits per heavy atom. The minimum Gasteiger partial charge on any atom is -0.492 e. The number of fused-ring (bicyclic) bond motifs is 2. The van der Waals surface area contributed by atoms with E-state index in [0.717, 1.165) is 79.3 Å². The number of hydrogen-bond donors (Lipinski definition) is 2. The van der Waals surface area contributed by atoms with Crippen molar-refractivity contribution in [1.82, 2.24) is 15.0 Å². The van der Waals surface area contributed by atoms with E-state index >= 15 is 0 Å². The van der Waals surface area contributed by atoms with Gasteiger partial charge in [0.2, 0.25) is 0 Å². The van der Waals surface area contributed by atoms with Crippen LogP contribution in [0.3, 0.4) is 0 Å². The number of halogens is 1. The number of ether oxygens (including phenoxy) is 1. The molecule has 1 aliphatic carbocycles. The third-order valence-corrected chi connectivity index (χ3v) is 8.78. The average Bonchev–Trinajstić information content (AvgIpc) is 3.15. The van der Waals surface area contributed by atoms with Gasteiger partial charge in [-0.1, -0.05) is 29.8 Å². The van der Waals surface area contributed by atoms with Crippen LogP contribution in [-0.2, 0) is 18.4 Å². The molecular formula is C29H34ClN5O2. The number of aliphatic hydroxyl groups is 1. The molecule has 2 aliphatic heterocycles. The Kier molecular flexibility index (Phi) is 5.93. The van der Waals surface area contributed by atoms with Crippen molar-refractivity contribution in [3.05, 3.63) is 63.7 Å². The largest absolute Gasteiger partial charge is 0.492 e. The van der Waals surface area contributed by atoms with E-state index in [9.17, 15) is 5.11 Å². The molecule has 1 atom stereocenters. The molecule has 0 amide bonds. The maximum absolute atomic E-state index is 11.2. The first kappa shape index (κ1) is 24.6. The summed E-state index contributed by atoms with van der Waals surface area (Å²) in [4.78, 5) is 16.9. The van der Waals surface area contributed by atoms with Gasteiger partial charge in [-0.2, -0.15) is 0 Å². The van der Waals surface area contributed by atoms with Crippen LogP contribution in [0.1, 0.15) is 67.4 Å². The Balaban J connectivity index is 1.33. The number of aromatic nitrogens is 3. The fourth-order valence-electron chi connectivity index (χ4n) is 6.27. The maximum atomic E-state index is 11.2. The summed E-state index contributed by atoms with van der Waals surface area (Å²) in [7, 11) is 0. The third-order valence-electron chi connectivity index (χ3n) is 8.40. The van der Waals surface area contributed by atoms with Crippen molar-refractivity contribution >= 4 is 17.4 Å². The number of rotatable bonds is 3. The van der Waals surface area contributed by atoms with Crippen LogP contribution in [0, 0.1) is 12.3 Å². The van der Waals surface area contributed by atoms with E-state index in [0.29, 0.717) is 23.0 Å². The Bertz CT molecular complexity index is 1360. The molecule has 0 bridgehead atoms. The van der Waals surface area contributed by atoms with Crippen molar-refractivity contribution in [2.45, 2.75) is 64.5 Å². The predicted octanol–water partition coefficient (Wildman–Crippen LogP) is 4.90. The van der Waals surface area contributed by atoms with Crippen LogP contribution in [0.25, 0.3) is 11.3 Å². The summed E-state index contributed by atoms with van der Waals surface area (Å²) in [5, 5.41) is 11.7. The molecule has 37 heavy (non-hydrogen) atoms. The summed E-state index contributed by atoms with van der Waals surface area (Å²) >= 11 is 6.83. The lowest BCUT2D eigenvalue weighted by atomic mass is 9.73. The van der Waals surface area contributed by atoms with Crippen LogP contribution in [0.2, 0.25) is 5.02 Å². The normalized spacial score (nSPS) is 20.5. The minimum atomic E-state index is -1.18. The Labute approximate surface area is 223 Å². The van der Waals surface area contributed by atoms with Crippen LogP contribution in [0.5, 0.6) is 5.75 Å². The first-order valence-corrected chi connectivity index (χ1v) is 13.6. The molecule has 2 aromatic heterocycles. The molecule has 3 aromatic rings. The molecule has 8 heteroatoms. The van der Waals surface area contributed by atoms with Crippen LogP contribution < -0.4 is 15.4 Å². The summed E-state index contributed by atoms with van der Waals surface area (Å²) in [6, 6.07) is 8.15. The number of nitrogens with zero attached hydrogens (tertiary/aromatic N) is 4. The van der Waals surface area contributed by atoms with Gasteiger partial charge in [-0.3, -0.25) is 4.98 Å². The fraction of sp³-hybridized carbons (Fsp3) is 0.483. The topological polar surface area (TPSA) is 97.4 Å². The number of hydrogen-bond acceptors (Lipinski definition) is 7. The predicted molar refractivity (Wildman–Crippen MR) is 145 cm³/mol. The van der Waals surface area contributed by atoms with Gasteiger partial charge >= 0.3 is 0 Å². The Hall–Kier alpha value is -2.74. The van der Waals surface area contributed by atoms with E-state index in [-0.39, 0.29) is 11.5 Å². The van der Waals surface area contributed by atoms with Gasteiger partial charge in [-0.15, -0.1) is 0 Å². The molecule has 3 N–H and O–H groups in total. The third kappa shape index (κ3) is 4.08. The van der Waals surface area contributed by atoms with E-state index in [1.54, 1.807) is 13.8 Å². The average molecular weight is 520 g/mol. The maximum Gasteiger partial charge on any atom is 0.153 e. The summed E-state index contributed by atoms with van der Waals surface area (Å²) in [6.45, 7) is 7.74. The molecule has 4 heterocycles. The van der Waals surface area contributed by atoms with E-state index in [2.05, 4.69) is 22.0 Å². The molecule has 6 rings (SSSR count). The second-order valence-electron chi connectivity index (χ2n) is 11.3. The highest BCUT2D eigenvalue weighted by Crippen LogP contribution is 2.51. The van der Waals surface area contributed by atoms with Gasteiger partial charge in [0.15, 0.2) is 5.82 Å². The summed E-state index contributed by atoms with van der Waals surface area (Å²) < 4.78 is 5.90. The number of nitrogens with two attached hydrogens (primary N) is 1. The first-order chi connectivity index (χ1) is 17.7. The highest BCUT2D eigenvalue weighted by molar-refractivity contribution is 6.35. The Morgan fingerprint density at radius 1 is 1.19 bits per heavy atom. The van der Waals surface area contributed by atoms with Gasteiger partial charge in [0.1, 0.15) is 17.0 Å². The molecule has 0 saturated carbocycles. The lowest BCUT2D eigenvalue weighted by Gasteiger charge is -2.43. The lowest BCUT2D eigenvalue weighted by molar-refractivity contribution is 0.0737. The first-order valence-electron chi connectivity index (χ1n) is 13.2. The van der Waals surface area contributed by atoms with Crippen molar-refractivity contribution in [2.75, 3.05) is 24.6 Å². The van der Waals surface area contributed by atoms with Crippen LogP contribution in [0.15, 0.2) is 30.5 Å². The fourth-order valence-corrected chi connectivity index (χ4v) is 6.60. The quantitative estimate of drug-likeness (QED) is 0.508. The number of anilines is 1. The number of piperidine rings is 1. The Morgan fingerprint density at radius 3 is 2.70 bits per heavy atom. The standard InChI is InChI=1S/C29H34ClN5O2/c1-17-23(20-9-8-18-6-5-15-37-24(18)22(20)30)34-26(28(2,3)36)27(33-17)35-13-10-29(11-14-35)16-21-19(25(29)31)7-4-12-32-21/h4,7-9,12,25,36H,5-6,10-11,13-16,31H2,1-3H3/t25-/m1/s1. The van der Waals surface area contributed by atoms with Crippen LogP contribution >= 0.6 is 11.6 Å². The van der Waals surface area contributed by atoms with E-state index in [1.165, 1.54) is 5.56 Å². The second-order valence-corrected chi connectivity index (χ2v) is 11.7. The molecule has 0 radical (unpaired) electrons. The van der Waals surface area contributed by atoms with Gasteiger partial charge in [-0.05, 0) is 75.5 Å². The molecule has 3 aliphatic rings. The summed E-state index contributed by atoms with van der Waals surface area (Å²) in [5.74, 6) is 1.47. The SMILES string of the molecule is Cc1nc(N2CCC3(CC2)Cc2ncccc2[C@H]3N)c(C(C)(C)O)nc1-c1ccc2c(c1Cl)OCCC2. The van der Waals surface area contributed by atoms with E-state index in [4.69, 9.17) is 32.0 Å². The van der Waals surface area contributed by atoms with Gasteiger partial charge < -0.3 is 20.5 Å². The molecule has 0 unspecified atom stereocenters. The van der Waals surface area contributed by atoms with Gasteiger partial charge in [0.05, 0.1) is 23.0 Å². The lowest BCUT2D eigenvalue weighted by Crippen LogP contribution is -2.45. The molecule has 194 valence electrons. The summed E-state index contributed by atoms with van der Waals surface area (Å²) in [6.07, 6.45) is 6.59. The zero-order chi connectivity index (χ0) is 25.9. The number of pyridine rings is 1. The van der Waals surface area contributed by atoms with Crippen LogP contribution in [-0.4, -0.2) is 39.8 Å². The zero-order valence-corrected chi connectivity index (χ0v) is 22.5. The van der Waals surface area contributed by atoms with Crippen molar-refractivity contribution < 1.29 is 9.84 Å². The number of benzene rings is 1. The molecular weight excluding hydrogens is 486 g/mol. The minimum absolute atomic E-state index is 0.00401. The molecule has 1 aromatic carbocycles. The van der Waals surface area contributed by atoms with Crippen molar-refractivity contribution in [3.8, 4) is 17.0 Å². The van der Waals surface area contributed by atoms with E-state index in [1.807, 2.05) is 25.3 Å².